The molecule has 0 saturated carbocycles. The molecule has 0 radical (unpaired) electrons. The van der Waals surface area contributed by atoms with E-state index in [1.165, 1.54) is 5.56 Å². The highest BCUT2D eigenvalue weighted by atomic mass is 16.2. The van der Waals surface area contributed by atoms with E-state index in [-0.39, 0.29) is 24.4 Å². The zero-order valence-corrected chi connectivity index (χ0v) is 19.0. The summed E-state index contributed by atoms with van der Waals surface area (Å²) >= 11 is 0. The van der Waals surface area contributed by atoms with Crippen LogP contribution in [-0.2, 0) is 9.59 Å². The Labute approximate surface area is 185 Å². The van der Waals surface area contributed by atoms with Gasteiger partial charge in [-0.25, -0.2) is 0 Å². The third-order valence-corrected chi connectivity index (χ3v) is 5.72. The van der Waals surface area contributed by atoms with Gasteiger partial charge in [0.25, 0.3) is 0 Å². The molecule has 1 saturated heterocycles. The van der Waals surface area contributed by atoms with Gasteiger partial charge in [-0.2, -0.15) is 0 Å². The second kappa shape index (κ2) is 10.4. The predicted molar refractivity (Wildman–Crippen MR) is 123 cm³/mol. The van der Waals surface area contributed by atoms with Crippen LogP contribution < -0.4 is 4.90 Å². The van der Waals surface area contributed by atoms with Crippen LogP contribution in [0.4, 0.5) is 5.82 Å². The number of aromatic nitrogens is 2. The first kappa shape index (κ1) is 22.7. The molecule has 0 aliphatic carbocycles. The third-order valence-electron chi connectivity index (χ3n) is 5.72. The van der Waals surface area contributed by atoms with Crippen molar-refractivity contribution in [3.05, 3.63) is 42.0 Å². The molecule has 31 heavy (non-hydrogen) atoms. The Morgan fingerprint density at radius 1 is 1.00 bits per heavy atom. The van der Waals surface area contributed by atoms with Gasteiger partial charge in [-0.3, -0.25) is 9.59 Å². The lowest BCUT2D eigenvalue weighted by atomic mass is 10.1. The summed E-state index contributed by atoms with van der Waals surface area (Å²) in [5, 5.41) is 8.85. The molecule has 1 aliphatic rings. The molecule has 3 rings (SSSR count). The molecule has 0 bridgehead atoms. The second-order valence-electron chi connectivity index (χ2n) is 8.33. The SMILES string of the molecule is CCC(=O)N(CC(=O)N1CCCN(c2ccc(-c3ccc(C)cc3)nn2)CC1)C(C)C. The summed E-state index contributed by atoms with van der Waals surface area (Å²) in [6, 6.07) is 12.3. The minimum absolute atomic E-state index is 0.0122. The van der Waals surface area contributed by atoms with Gasteiger partial charge in [0.05, 0.1) is 12.2 Å². The molecule has 0 spiro atoms. The molecule has 2 heterocycles. The van der Waals surface area contributed by atoms with E-state index in [1.54, 1.807) is 4.90 Å². The zero-order valence-electron chi connectivity index (χ0n) is 19.0. The number of carbonyl (C=O) groups is 2. The Hall–Kier alpha value is -2.96. The van der Waals surface area contributed by atoms with Crippen molar-refractivity contribution in [2.75, 3.05) is 37.6 Å². The normalized spacial score (nSPS) is 14.5. The van der Waals surface area contributed by atoms with Crippen molar-refractivity contribution in [3.8, 4) is 11.3 Å². The summed E-state index contributed by atoms with van der Waals surface area (Å²) in [6.07, 6.45) is 1.27. The summed E-state index contributed by atoms with van der Waals surface area (Å²) in [4.78, 5) is 30.7. The average molecular weight is 424 g/mol. The van der Waals surface area contributed by atoms with E-state index in [9.17, 15) is 9.59 Å². The highest BCUT2D eigenvalue weighted by Crippen LogP contribution is 2.20. The van der Waals surface area contributed by atoms with E-state index >= 15 is 0 Å². The van der Waals surface area contributed by atoms with Crippen molar-refractivity contribution in [2.24, 2.45) is 0 Å². The Kier molecular flexibility index (Phi) is 7.60. The first-order valence-electron chi connectivity index (χ1n) is 11.1. The topological polar surface area (TPSA) is 69.6 Å². The van der Waals surface area contributed by atoms with E-state index in [4.69, 9.17) is 0 Å². The van der Waals surface area contributed by atoms with Crippen LogP contribution in [0.3, 0.4) is 0 Å². The minimum atomic E-state index is 0.0122. The number of carbonyl (C=O) groups excluding carboxylic acids is 2. The van der Waals surface area contributed by atoms with Crippen molar-refractivity contribution in [3.63, 3.8) is 0 Å². The van der Waals surface area contributed by atoms with Gasteiger partial charge in [0.15, 0.2) is 5.82 Å². The number of rotatable bonds is 6. The van der Waals surface area contributed by atoms with Crippen LogP contribution in [0.15, 0.2) is 36.4 Å². The highest BCUT2D eigenvalue weighted by molar-refractivity contribution is 5.85. The molecule has 0 N–H and O–H groups in total. The van der Waals surface area contributed by atoms with Crippen molar-refractivity contribution >= 4 is 17.6 Å². The molecule has 2 aromatic rings. The molecule has 0 atom stereocenters. The molecule has 1 fully saturated rings. The monoisotopic (exact) mass is 423 g/mol. The van der Waals surface area contributed by atoms with Crippen LogP contribution >= 0.6 is 0 Å². The summed E-state index contributed by atoms with van der Waals surface area (Å²) < 4.78 is 0. The fourth-order valence-electron chi connectivity index (χ4n) is 3.78. The molecule has 1 aliphatic heterocycles. The third kappa shape index (κ3) is 5.81. The van der Waals surface area contributed by atoms with Crippen LogP contribution in [0.1, 0.15) is 39.2 Å². The molecule has 7 heteroatoms. The number of nitrogens with zero attached hydrogens (tertiary/aromatic N) is 5. The van der Waals surface area contributed by atoms with Gasteiger partial charge < -0.3 is 14.7 Å². The number of anilines is 1. The predicted octanol–water partition coefficient (Wildman–Crippen LogP) is 3.14. The zero-order chi connectivity index (χ0) is 22.4. The minimum Gasteiger partial charge on any atom is -0.353 e. The van der Waals surface area contributed by atoms with Crippen LogP contribution in [0.2, 0.25) is 0 Å². The number of amides is 2. The summed E-state index contributed by atoms with van der Waals surface area (Å²) in [5.41, 5.74) is 3.12. The largest absolute Gasteiger partial charge is 0.353 e. The Morgan fingerprint density at radius 2 is 1.74 bits per heavy atom. The number of benzene rings is 1. The molecule has 0 unspecified atom stereocenters. The van der Waals surface area contributed by atoms with Gasteiger partial charge in [0, 0.05) is 44.2 Å². The maximum atomic E-state index is 12.8. The van der Waals surface area contributed by atoms with E-state index in [0.717, 1.165) is 30.0 Å². The molecule has 2 amide bonds. The van der Waals surface area contributed by atoms with E-state index in [0.29, 0.717) is 26.1 Å². The Balaban J connectivity index is 1.61. The highest BCUT2D eigenvalue weighted by Gasteiger charge is 2.24. The van der Waals surface area contributed by atoms with Crippen molar-refractivity contribution in [1.82, 2.24) is 20.0 Å². The van der Waals surface area contributed by atoms with Gasteiger partial charge in [0.2, 0.25) is 11.8 Å². The number of hydrogen-bond acceptors (Lipinski definition) is 5. The van der Waals surface area contributed by atoms with Gasteiger partial charge >= 0.3 is 0 Å². The van der Waals surface area contributed by atoms with Crippen LogP contribution in [-0.4, -0.2) is 70.6 Å². The second-order valence-corrected chi connectivity index (χ2v) is 8.33. The van der Waals surface area contributed by atoms with Crippen LogP contribution in [0.25, 0.3) is 11.3 Å². The smallest absolute Gasteiger partial charge is 0.242 e. The van der Waals surface area contributed by atoms with Crippen molar-refractivity contribution in [2.45, 2.75) is 46.6 Å². The molecule has 1 aromatic carbocycles. The first-order valence-corrected chi connectivity index (χ1v) is 11.1. The van der Waals surface area contributed by atoms with E-state index in [1.807, 2.05) is 37.8 Å². The van der Waals surface area contributed by atoms with E-state index in [2.05, 4.69) is 46.3 Å². The Morgan fingerprint density at radius 3 is 2.35 bits per heavy atom. The van der Waals surface area contributed by atoms with Crippen molar-refractivity contribution < 1.29 is 9.59 Å². The molecular formula is C24H33N5O2. The van der Waals surface area contributed by atoms with Crippen LogP contribution in [0, 0.1) is 6.92 Å². The van der Waals surface area contributed by atoms with Crippen LogP contribution in [0.5, 0.6) is 0 Å². The number of hydrogen-bond donors (Lipinski definition) is 0. The van der Waals surface area contributed by atoms with Gasteiger partial charge in [-0.05, 0) is 39.3 Å². The molecular weight excluding hydrogens is 390 g/mol. The average Bonchev–Trinajstić information content (AvgIpc) is 3.04. The maximum Gasteiger partial charge on any atom is 0.242 e. The molecule has 166 valence electrons. The summed E-state index contributed by atoms with van der Waals surface area (Å²) in [6.45, 7) is 10.8. The first-order chi connectivity index (χ1) is 14.9. The van der Waals surface area contributed by atoms with Crippen molar-refractivity contribution in [1.29, 1.82) is 0 Å². The lowest BCUT2D eigenvalue weighted by Crippen LogP contribution is -2.46. The number of aryl methyl sites for hydroxylation is 1. The van der Waals surface area contributed by atoms with Gasteiger partial charge in [0.1, 0.15) is 0 Å². The molecule has 1 aromatic heterocycles. The lowest BCUT2D eigenvalue weighted by molar-refractivity contribution is -0.141. The molecule has 7 nitrogen and oxygen atoms in total. The van der Waals surface area contributed by atoms with Gasteiger partial charge in [-0.1, -0.05) is 36.8 Å². The maximum absolute atomic E-state index is 12.8. The lowest BCUT2D eigenvalue weighted by Gasteiger charge is -2.29. The summed E-state index contributed by atoms with van der Waals surface area (Å²) in [5.74, 6) is 0.858. The van der Waals surface area contributed by atoms with Gasteiger partial charge in [-0.15, -0.1) is 10.2 Å². The quantitative estimate of drug-likeness (QED) is 0.714. The fraction of sp³-hybridized carbons (Fsp3) is 0.500. The fourth-order valence-corrected chi connectivity index (χ4v) is 3.78. The summed E-state index contributed by atoms with van der Waals surface area (Å²) in [7, 11) is 0. The Bertz CT molecular complexity index is 880. The van der Waals surface area contributed by atoms with E-state index < -0.39 is 0 Å². The standard InChI is InChI=1S/C24H33N5O2/c1-5-23(30)29(18(2)3)17-24(31)28-14-6-13-27(15-16-28)22-12-11-21(25-26-22)20-9-7-19(4)8-10-20/h7-12,18H,5-6,13-17H2,1-4H3.